The third-order valence-corrected chi connectivity index (χ3v) is 5.22. The van der Waals surface area contributed by atoms with Crippen LogP contribution in [0.3, 0.4) is 0 Å². The first-order valence-electron chi connectivity index (χ1n) is 9.61. The second-order valence-electron chi connectivity index (χ2n) is 7.09. The highest BCUT2D eigenvalue weighted by molar-refractivity contribution is 6.05. The molecular weight excluding hydrogens is 382 g/mol. The van der Waals surface area contributed by atoms with Crippen LogP contribution in [0.2, 0.25) is 0 Å². The molecule has 0 aliphatic carbocycles. The molecule has 0 bridgehead atoms. The molecule has 30 heavy (non-hydrogen) atoms. The second kappa shape index (κ2) is 8.24. The van der Waals surface area contributed by atoms with Crippen LogP contribution in [-0.2, 0) is 13.0 Å². The Morgan fingerprint density at radius 2 is 1.90 bits per heavy atom. The number of carbonyl (C=O) groups is 1. The van der Waals surface area contributed by atoms with Crippen molar-refractivity contribution < 1.29 is 14.5 Å². The topological polar surface area (TPSA) is 84.7 Å². The molecule has 4 rings (SSSR count). The maximum absolute atomic E-state index is 12.6. The zero-order valence-electron chi connectivity index (χ0n) is 16.5. The van der Waals surface area contributed by atoms with E-state index in [2.05, 4.69) is 28.4 Å². The summed E-state index contributed by atoms with van der Waals surface area (Å²) >= 11 is 0. The van der Waals surface area contributed by atoms with E-state index < -0.39 is 4.92 Å². The van der Waals surface area contributed by atoms with Crippen molar-refractivity contribution in [3.05, 3.63) is 93.5 Å². The summed E-state index contributed by atoms with van der Waals surface area (Å²) in [5.41, 5.74) is 4.34. The Morgan fingerprint density at radius 3 is 2.63 bits per heavy atom. The van der Waals surface area contributed by atoms with Gasteiger partial charge in [0.25, 0.3) is 11.6 Å². The summed E-state index contributed by atoms with van der Waals surface area (Å²) in [6.07, 6.45) is 1.04. The van der Waals surface area contributed by atoms with E-state index in [1.54, 1.807) is 12.1 Å². The minimum absolute atomic E-state index is 0.118. The van der Waals surface area contributed by atoms with Gasteiger partial charge in [-0.05, 0) is 41.8 Å². The van der Waals surface area contributed by atoms with Crippen molar-refractivity contribution in [2.24, 2.45) is 0 Å². The molecule has 0 fully saturated rings. The molecule has 0 saturated carbocycles. The van der Waals surface area contributed by atoms with Crippen molar-refractivity contribution in [1.82, 2.24) is 0 Å². The van der Waals surface area contributed by atoms with Crippen molar-refractivity contribution in [3.63, 3.8) is 0 Å². The zero-order valence-corrected chi connectivity index (χ0v) is 16.5. The number of non-ortho nitro benzene ring substituents is 1. The van der Waals surface area contributed by atoms with Crippen molar-refractivity contribution in [3.8, 4) is 5.75 Å². The normalized spacial score (nSPS) is 12.4. The van der Waals surface area contributed by atoms with E-state index in [0.717, 1.165) is 25.1 Å². The highest BCUT2D eigenvalue weighted by Crippen LogP contribution is 2.30. The van der Waals surface area contributed by atoms with E-state index in [1.807, 2.05) is 18.2 Å². The first kappa shape index (κ1) is 19.4. The monoisotopic (exact) mass is 403 g/mol. The highest BCUT2D eigenvalue weighted by atomic mass is 16.6. The number of hydrogen-bond acceptors (Lipinski definition) is 5. The molecule has 7 nitrogen and oxygen atoms in total. The van der Waals surface area contributed by atoms with Crippen LogP contribution in [0.4, 0.5) is 17.1 Å². The van der Waals surface area contributed by atoms with Crippen LogP contribution in [0.5, 0.6) is 5.75 Å². The van der Waals surface area contributed by atoms with Gasteiger partial charge in [-0.25, -0.2) is 0 Å². The Kier molecular flexibility index (Phi) is 5.34. The quantitative estimate of drug-likeness (QED) is 0.487. The minimum Gasteiger partial charge on any atom is -0.495 e. The molecule has 1 heterocycles. The van der Waals surface area contributed by atoms with Gasteiger partial charge in [-0.1, -0.05) is 30.3 Å². The van der Waals surface area contributed by atoms with Crippen LogP contribution in [0.15, 0.2) is 66.7 Å². The number of rotatable bonds is 6. The Balaban J connectivity index is 1.46. The molecule has 0 radical (unpaired) electrons. The summed E-state index contributed by atoms with van der Waals surface area (Å²) in [5.74, 6) is 0.00475. The molecule has 152 valence electrons. The van der Waals surface area contributed by atoms with Gasteiger partial charge in [-0.3, -0.25) is 14.9 Å². The van der Waals surface area contributed by atoms with Crippen LogP contribution in [-0.4, -0.2) is 24.5 Å². The molecule has 0 unspecified atom stereocenters. The van der Waals surface area contributed by atoms with Crippen molar-refractivity contribution in [2.45, 2.75) is 13.0 Å². The summed E-state index contributed by atoms with van der Waals surface area (Å²) < 4.78 is 5.20. The number of nitrogens with one attached hydrogen (secondary N) is 1. The summed E-state index contributed by atoms with van der Waals surface area (Å²) in [7, 11) is 1.45. The largest absolute Gasteiger partial charge is 0.495 e. The lowest BCUT2D eigenvalue weighted by molar-refractivity contribution is -0.384. The van der Waals surface area contributed by atoms with Gasteiger partial charge >= 0.3 is 0 Å². The summed E-state index contributed by atoms with van der Waals surface area (Å²) in [4.78, 5) is 25.5. The molecule has 3 aromatic rings. The molecule has 1 aliphatic rings. The van der Waals surface area contributed by atoms with Gasteiger partial charge in [0.15, 0.2) is 0 Å². The number of ether oxygens (including phenoxy) is 1. The van der Waals surface area contributed by atoms with Gasteiger partial charge in [0, 0.05) is 36.5 Å². The number of nitro benzene ring substituents is 1. The van der Waals surface area contributed by atoms with E-state index >= 15 is 0 Å². The van der Waals surface area contributed by atoms with Crippen molar-refractivity contribution >= 4 is 23.0 Å². The maximum atomic E-state index is 12.6. The fraction of sp³-hybridized carbons (Fsp3) is 0.174. The minimum atomic E-state index is -0.513. The fourth-order valence-electron chi connectivity index (χ4n) is 3.65. The van der Waals surface area contributed by atoms with Crippen LogP contribution < -0.4 is 15.0 Å². The SMILES string of the molecule is COc1ccc([N+](=O)[O-])cc1NC(=O)c1ccc(CN2CCc3ccccc32)cc1. The molecule has 1 N–H and O–H groups in total. The van der Waals surface area contributed by atoms with E-state index in [-0.39, 0.29) is 17.3 Å². The first-order chi connectivity index (χ1) is 14.5. The van der Waals surface area contributed by atoms with Crippen LogP contribution in [0.25, 0.3) is 0 Å². The summed E-state index contributed by atoms with van der Waals surface area (Å²) in [6.45, 7) is 1.76. The number of amides is 1. The highest BCUT2D eigenvalue weighted by Gasteiger charge is 2.19. The number of hydrogen-bond donors (Lipinski definition) is 1. The molecule has 1 amide bonds. The van der Waals surface area contributed by atoms with E-state index in [0.29, 0.717) is 11.3 Å². The summed E-state index contributed by atoms with van der Waals surface area (Å²) in [6, 6.07) is 19.9. The average molecular weight is 403 g/mol. The second-order valence-corrected chi connectivity index (χ2v) is 7.09. The lowest BCUT2D eigenvalue weighted by atomic mass is 10.1. The van der Waals surface area contributed by atoms with Gasteiger partial charge in [-0.15, -0.1) is 0 Å². The van der Waals surface area contributed by atoms with Gasteiger partial charge in [0.1, 0.15) is 5.75 Å². The smallest absolute Gasteiger partial charge is 0.271 e. The average Bonchev–Trinajstić information content (AvgIpc) is 3.17. The maximum Gasteiger partial charge on any atom is 0.271 e. The zero-order chi connectivity index (χ0) is 21.1. The standard InChI is InChI=1S/C23H21N3O4/c1-30-22-11-10-19(26(28)29)14-20(22)24-23(27)18-8-6-16(7-9-18)15-25-13-12-17-4-2-3-5-21(17)25/h2-11,14H,12-13,15H2,1H3,(H,24,27). The van der Waals surface area contributed by atoms with E-state index in [1.165, 1.54) is 36.6 Å². The predicted octanol–water partition coefficient (Wildman–Crippen LogP) is 4.42. The third-order valence-electron chi connectivity index (χ3n) is 5.22. The number of nitro groups is 1. The molecule has 3 aromatic carbocycles. The number of fused-ring (bicyclic) bond motifs is 1. The predicted molar refractivity (Wildman–Crippen MR) is 115 cm³/mol. The number of para-hydroxylation sites is 1. The van der Waals surface area contributed by atoms with Crippen molar-refractivity contribution in [2.75, 3.05) is 23.9 Å². The lowest BCUT2D eigenvalue weighted by Gasteiger charge is -2.19. The molecule has 0 aromatic heterocycles. The Labute approximate surface area is 174 Å². The third kappa shape index (κ3) is 3.96. The molecule has 0 atom stereocenters. The van der Waals surface area contributed by atoms with Crippen LogP contribution in [0.1, 0.15) is 21.5 Å². The van der Waals surface area contributed by atoms with Crippen LogP contribution >= 0.6 is 0 Å². The van der Waals surface area contributed by atoms with E-state index in [9.17, 15) is 14.9 Å². The molecule has 0 spiro atoms. The van der Waals surface area contributed by atoms with Crippen LogP contribution in [0, 0.1) is 10.1 Å². The van der Waals surface area contributed by atoms with Gasteiger partial charge in [0.2, 0.25) is 0 Å². The fourth-order valence-corrected chi connectivity index (χ4v) is 3.65. The number of carbonyl (C=O) groups excluding carboxylic acids is 1. The van der Waals surface area contributed by atoms with Gasteiger partial charge < -0.3 is 15.0 Å². The van der Waals surface area contributed by atoms with E-state index in [4.69, 9.17) is 4.74 Å². The summed E-state index contributed by atoms with van der Waals surface area (Å²) in [5, 5.41) is 13.7. The molecule has 0 saturated heterocycles. The Hall–Kier alpha value is -3.87. The number of anilines is 2. The lowest BCUT2D eigenvalue weighted by Crippen LogP contribution is -2.19. The van der Waals surface area contributed by atoms with Gasteiger partial charge in [-0.2, -0.15) is 0 Å². The molecule has 7 heteroatoms. The molecule has 1 aliphatic heterocycles. The van der Waals surface area contributed by atoms with Crippen molar-refractivity contribution in [1.29, 1.82) is 0 Å². The first-order valence-corrected chi connectivity index (χ1v) is 9.61. The van der Waals surface area contributed by atoms with Gasteiger partial charge in [0.05, 0.1) is 17.7 Å². The Morgan fingerprint density at radius 1 is 1.13 bits per heavy atom. The molecular formula is C23H21N3O4. The Bertz CT molecular complexity index is 1100. The number of nitrogens with zero attached hydrogens (tertiary/aromatic N) is 2. The number of methoxy groups -OCH3 is 1. The number of benzene rings is 3.